The summed E-state index contributed by atoms with van der Waals surface area (Å²) in [4.78, 5) is 2.48. The summed E-state index contributed by atoms with van der Waals surface area (Å²) in [5.41, 5.74) is 3.27. The van der Waals surface area contributed by atoms with Crippen LogP contribution in [0.15, 0.2) is 53.4 Å². The number of rotatable bonds is 9. The molecule has 136 valence electrons. The van der Waals surface area contributed by atoms with Crippen molar-refractivity contribution >= 4 is 15.5 Å². The molecule has 0 radical (unpaired) electrons. The molecule has 0 bridgehead atoms. The fourth-order valence-corrected chi connectivity index (χ4v) is 4.19. The van der Waals surface area contributed by atoms with Crippen molar-refractivity contribution in [3.05, 3.63) is 48.5 Å². The van der Waals surface area contributed by atoms with Gasteiger partial charge in [0.1, 0.15) is 0 Å². The number of nitrogens with zero attached hydrogens (tertiary/aromatic N) is 1. The molecule has 0 aliphatic rings. The van der Waals surface area contributed by atoms with E-state index >= 15 is 0 Å². The Kier molecular flexibility index (Phi) is 7.06. The second kappa shape index (κ2) is 9.04. The first kappa shape index (κ1) is 19.5. The topological polar surface area (TPSA) is 37.4 Å². The fourth-order valence-electron chi connectivity index (χ4n) is 2.82. The van der Waals surface area contributed by atoms with Crippen molar-refractivity contribution in [1.82, 2.24) is 0 Å². The quantitative estimate of drug-likeness (QED) is 0.580. The number of anilines is 1. The highest BCUT2D eigenvalue weighted by molar-refractivity contribution is 7.91. The van der Waals surface area contributed by atoms with Crippen LogP contribution >= 0.6 is 0 Å². The molecule has 0 saturated carbocycles. The monoisotopic (exact) mass is 359 g/mol. The molecule has 0 N–H and O–H groups in total. The van der Waals surface area contributed by atoms with Gasteiger partial charge in [-0.05, 0) is 41.8 Å². The summed E-state index contributed by atoms with van der Waals surface area (Å²) in [5.74, 6) is 0.244. The predicted octanol–water partition coefficient (Wildman–Crippen LogP) is 5.16. The van der Waals surface area contributed by atoms with Crippen molar-refractivity contribution in [3.63, 3.8) is 0 Å². The lowest BCUT2D eigenvalue weighted by Crippen LogP contribution is -2.08. The van der Waals surface area contributed by atoms with Crippen LogP contribution in [-0.2, 0) is 9.84 Å². The highest BCUT2D eigenvalue weighted by Crippen LogP contribution is 2.24. The van der Waals surface area contributed by atoms with E-state index in [1.807, 2.05) is 26.2 Å². The van der Waals surface area contributed by atoms with Crippen LogP contribution < -0.4 is 4.90 Å². The Bertz CT molecular complexity index is 747. The van der Waals surface area contributed by atoms with Gasteiger partial charge < -0.3 is 4.90 Å². The molecule has 2 rings (SSSR count). The third-order valence-corrected chi connectivity index (χ3v) is 6.26. The number of sulfone groups is 1. The third kappa shape index (κ3) is 5.60. The molecule has 25 heavy (non-hydrogen) atoms. The molecule has 0 unspecified atom stereocenters. The molecule has 0 aliphatic carbocycles. The number of benzene rings is 2. The minimum Gasteiger partial charge on any atom is -0.378 e. The van der Waals surface area contributed by atoms with E-state index in [0.717, 1.165) is 36.1 Å². The second-order valence-electron chi connectivity index (χ2n) is 6.70. The summed E-state index contributed by atoms with van der Waals surface area (Å²) in [5, 5.41) is 0. The molecule has 0 aliphatic heterocycles. The molecular weight excluding hydrogens is 330 g/mol. The first-order valence-electron chi connectivity index (χ1n) is 9.04. The molecule has 0 fully saturated rings. The Labute approximate surface area is 152 Å². The molecule has 2 aromatic rings. The van der Waals surface area contributed by atoms with Gasteiger partial charge in [0.2, 0.25) is 0 Å². The van der Waals surface area contributed by atoms with Crippen molar-refractivity contribution in [1.29, 1.82) is 0 Å². The zero-order valence-electron chi connectivity index (χ0n) is 15.5. The molecule has 4 heteroatoms. The number of unbranched alkanes of at least 4 members (excludes halogenated alkanes) is 4. The van der Waals surface area contributed by atoms with Crippen molar-refractivity contribution in [2.75, 3.05) is 24.7 Å². The van der Waals surface area contributed by atoms with Crippen LogP contribution in [0.2, 0.25) is 0 Å². The predicted molar refractivity (Wildman–Crippen MR) is 107 cm³/mol. The molecule has 0 amide bonds. The SMILES string of the molecule is CCCCCCCS(=O)(=O)c1ccc(-c2ccc(N(C)C)cc2)cc1. The van der Waals surface area contributed by atoms with Crippen molar-refractivity contribution in [3.8, 4) is 11.1 Å². The summed E-state index contributed by atoms with van der Waals surface area (Å²) in [7, 11) is 0.851. The van der Waals surface area contributed by atoms with Crippen LogP contribution in [-0.4, -0.2) is 28.3 Å². The molecule has 2 aromatic carbocycles. The van der Waals surface area contributed by atoms with Gasteiger partial charge >= 0.3 is 0 Å². The molecule has 0 heterocycles. The van der Waals surface area contributed by atoms with Gasteiger partial charge in [0.05, 0.1) is 10.6 Å². The maximum Gasteiger partial charge on any atom is 0.178 e. The molecular formula is C21H29NO2S. The Hall–Kier alpha value is -1.81. The van der Waals surface area contributed by atoms with Crippen LogP contribution in [0.1, 0.15) is 39.0 Å². The molecule has 0 spiro atoms. The van der Waals surface area contributed by atoms with Gasteiger partial charge in [-0.2, -0.15) is 0 Å². The first-order chi connectivity index (χ1) is 11.9. The van der Waals surface area contributed by atoms with E-state index < -0.39 is 9.84 Å². The lowest BCUT2D eigenvalue weighted by Gasteiger charge is -2.13. The Morgan fingerprint density at radius 1 is 0.760 bits per heavy atom. The van der Waals surface area contributed by atoms with E-state index in [0.29, 0.717) is 4.90 Å². The van der Waals surface area contributed by atoms with Gasteiger partial charge in [0, 0.05) is 19.8 Å². The zero-order valence-corrected chi connectivity index (χ0v) is 16.3. The summed E-state index contributed by atoms with van der Waals surface area (Å²) < 4.78 is 24.9. The largest absolute Gasteiger partial charge is 0.378 e. The third-order valence-electron chi connectivity index (χ3n) is 4.45. The Morgan fingerprint density at radius 2 is 1.28 bits per heavy atom. The standard InChI is InChI=1S/C21H29NO2S/c1-4-5-6-7-8-17-25(23,24)21-15-11-19(12-16-21)18-9-13-20(14-10-18)22(2)3/h9-16H,4-8,17H2,1-3H3. The van der Waals surface area contributed by atoms with E-state index in [9.17, 15) is 8.42 Å². The highest BCUT2D eigenvalue weighted by Gasteiger charge is 2.14. The normalized spacial score (nSPS) is 11.5. The number of hydrogen-bond acceptors (Lipinski definition) is 3. The van der Waals surface area contributed by atoms with Crippen LogP contribution in [0.5, 0.6) is 0 Å². The Balaban J connectivity index is 2.03. The molecule has 0 atom stereocenters. The van der Waals surface area contributed by atoms with E-state index in [4.69, 9.17) is 0 Å². The summed E-state index contributed by atoms with van der Waals surface area (Å²) >= 11 is 0. The summed E-state index contributed by atoms with van der Waals surface area (Å²) in [6.07, 6.45) is 5.21. The lowest BCUT2D eigenvalue weighted by molar-refractivity contribution is 0.587. The van der Waals surface area contributed by atoms with Gasteiger partial charge in [-0.1, -0.05) is 56.9 Å². The fraction of sp³-hybridized carbons (Fsp3) is 0.429. The van der Waals surface area contributed by atoms with Gasteiger partial charge in [-0.15, -0.1) is 0 Å². The molecule has 0 aromatic heterocycles. The number of hydrogen-bond donors (Lipinski definition) is 0. The summed E-state index contributed by atoms with van der Waals surface area (Å²) in [6.45, 7) is 2.16. The maximum absolute atomic E-state index is 12.4. The van der Waals surface area contributed by atoms with Crippen LogP contribution in [0, 0.1) is 0 Å². The van der Waals surface area contributed by atoms with E-state index in [1.165, 1.54) is 12.8 Å². The van der Waals surface area contributed by atoms with Crippen LogP contribution in [0.3, 0.4) is 0 Å². The van der Waals surface area contributed by atoms with Crippen molar-refractivity contribution in [2.24, 2.45) is 0 Å². The van der Waals surface area contributed by atoms with Crippen LogP contribution in [0.25, 0.3) is 11.1 Å². The van der Waals surface area contributed by atoms with E-state index in [2.05, 4.69) is 36.1 Å². The van der Waals surface area contributed by atoms with E-state index in [1.54, 1.807) is 12.1 Å². The highest BCUT2D eigenvalue weighted by atomic mass is 32.2. The minimum atomic E-state index is -3.17. The Morgan fingerprint density at radius 3 is 1.80 bits per heavy atom. The summed E-state index contributed by atoms with van der Waals surface area (Å²) in [6, 6.07) is 15.5. The van der Waals surface area contributed by atoms with Gasteiger partial charge in [0.15, 0.2) is 9.84 Å². The van der Waals surface area contributed by atoms with Gasteiger partial charge in [-0.3, -0.25) is 0 Å². The first-order valence-corrected chi connectivity index (χ1v) is 10.7. The van der Waals surface area contributed by atoms with Gasteiger partial charge in [0.25, 0.3) is 0 Å². The van der Waals surface area contributed by atoms with E-state index in [-0.39, 0.29) is 5.75 Å². The molecule has 3 nitrogen and oxygen atoms in total. The van der Waals surface area contributed by atoms with Crippen LogP contribution in [0.4, 0.5) is 5.69 Å². The van der Waals surface area contributed by atoms with Crippen molar-refractivity contribution < 1.29 is 8.42 Å². The minimum absolute atomic E-state index is 0.244. The smallest absolute Gasteiger partial charge is 0.178 e. The average molecular weight is 360 g/mol. The average Bonchev–Trinajstić information content (AvgIpc) is 2.62. The lowest BCUT2D eigenvalue weighted by atomic mass is 10.1. The maximum atomic E-state index is 12.4. The zero-order chi connectivity index (χ0) is 18.3. The van der Waals surface area contributed by atoms with Crippen molar-refractivity contribution in [2.45, 2.75) is 43.9 Å². The molecule has 0 saturated heterocycles. The van der Waals surface area contributed by atoms with Gasteiger partial charge in [-0.25, -0.2) is 8.42 Å². The second-order valence-corrected chi connectivity index (χ2v) is 8.81.